The monoisotopic (exact) mass is 200 g/mol. The van der Waals surface area contributed by atoms with Gasteiger partial charge in [0.2, 0.25) is 5.91 Å². The highest BCUT2D eigenvalue weighted by Crippen LogP contribution is 1.78. The molecule has 0 fully saturated rings. The topological polar surface area (TPSA) is 50.4 Å². The van der Waals surface area contributed by atoms with Crippen LogP contribution in [0.2, 0.25) is 0 Å². The van der Waals surface area contributed by atoms with E-state index < -0.39 is 0 Å². The van der Waals surface area contributed by atoms with Crippen molar-refractivity contribution in [3.05, 3.63) is 12.2 Å². The molecule has 82 valence electrons. The number of ether oxygens (including phenoxy) is 1. The van der Waals surface area contributed by atoms with E-state index in [1.54, 1.807) is 7.11 Å². The first-order valence-corrected chi connectivity index (χ1v) is 4.88. The van der Waals surface area contributed by atoms with Crippen molar-refractivity contribution >= 4 is 5.91 Å². The predicted molar refractivity (Wildman–Crippen MR) is 57.2 cm³/mol. The number of carbonyl (C=O) groups excluding carboxylic acids is 1. The van der Waals surface area contributed by atoms with Crippen molar-refractivity contribution in [1.82, 2.24) is 10.6 Å². The third kappa shape index (κ3) is 9.22. The van der Waals surface area contributed by atoms with E-state index in [9.17, 15) is 4.79 Å². The van der Waals surface area contributed by atoms with Gasteiger partial charge in [-0.25, -0.2) is 0 Å². The Balaban J connectivity index is 3.19. The molecule has 0 radical (unpaired) electrons. The zero-order valence-corrected chi connectivity index (χ0v) is 9.01. The number of allylic oxidation sites excluding steroid dienone is 1. The summed E-state index contributed by atoms with van der Waals surface area (Å²) in [5.74, 6) is 0.0330. The van der Waals surface area contributed by atoms with Crippen LogP contribution < -0.4 is 10.6 Å². The molecule has 0 aliphatic rings. The van der Waals surface area contributed by atoms with Gasteiger partial charge in [0.05, 0.1) is 13.2 Å². The van der Waals surface area contributed by atoms with Crippen molar-refractivity contribution in [3.63, 3.8) is 0 Å². The Morgan fingerprint density at radius 3 is 2.86 bits per heavy atom. The number of rotatable bonds is 8. The maximum atomic E-state index is 11.1. The Hall–Kier alpha value is -0.870. The van der Waals surface area contributed by atoms with E-state index >= 15 is 0 Å². The fraction of sp³-hybridized carbons (Fsp3) is 0.700. The van der Waals surface area contributed by atoms with Gasteiger partial charge in [0, 0.05) is 20.2 Å². The van der Waals surface area contributed by atoms with Gasteiger partial charge in [-0.3, -0.25) is 4.79 Å². The molecule has 0 bridgehead atoms. The highest BCUT2D eigenvalue weighted by Gasteiger charge is 1.97. The fourth-order valence-corrected chi connectivity index (χ4v) is 0.900. The average Bonchev–Trinajstić information content (AvgIpc) is 2.19. The van der Waals surface area contributed by atoms with Crippen LogP contribution in [0, 0.1) is 0 Å². The van der Waals surface area contributed by atoms with Gasteiger partial charge in [-0.1, -0.05) is 12.2 Å². The van der Waals surface area contributed by atoms with Gasteiger partial charge in [0.25, 0.3) is 0 Å². The molecule has 0 rings (SSSR count). The van der Waals surface area contributed by atoms with E-state index in [-0.39, 0.29) is 5.91 Å². The van der Waals surface area contributed by atoms with Crippen LogP contribution in [0.4, 0.5) is 0 Å². The number of methoxy groups -OCH3 is 1. The van der Waals surface area contributed by atoms with Crippen molar-refractivity contribution < 1.29 is 9.53 Å². The van der Waals surface area contributed by atoms with Gasteiger partial charge in [0.15, 0.2) is 0 Å². The molecule has 0 aliphatic heterocycles. The number of amides is 1. The summed E-state index contributed by atoms with van der Waals surface area (Å²) >= 11 is 0. The summed E-state index contributed by atoms with van der Waals surface area (Å²) in [6.45, 7) is 4.37. The SMILES string of the molecule is C/C=C/CCNC(=O)CNCCOC. The van der Waals surface area contributed by atoms with Crippen LogP contribution in [0.25, 0.3) is 0 Å². The standard InChI is InChI=1S/C10H20N2O2/c1-3-4-5-6-12-10(13)9-11-7-8-14-2/h3-4,11H,5-9H2,1-2H3,(H,12,13)/b4-3+. The molecule has 0 aromatic carbocycles. The highest BCUT2D eigenvalue weighted by atomic mass is 16.5. The zero-order chi connectivity index (χ0) is 10.6. The molecule has 0 aromatic heterocycles. The molecule has 0 heterocycles. The van der Waals surface area contributed by atoms with Crippen LogP contribution >= 0.6 is 0 Å². The van der Waals surface area contributed by atoms with E-state index in [2.05, 4.69) is 10.6 Å². The lowest BCUT2D eigenvalue weighted by Gasteiger charge is -2.04. The molecule has 1 amide bonds. The maximum Gasteiger partial charge on any atom is 0.233 e. The fourth-order valence-electron chi connectivity index (χ4n) is 0.900. The number of carbonyl (C=O) groups is 1. The molecule has 0 saturated carbocycles. The lowest BCUT2D eigenvalue weighted by molar-refractivity contribution is -0.120. The summed E-state index contributed by atoms with van der Waals surface area (Å²) < 4.78 is 4.83. The summed E-state index contributed by atoms with van der Waals surface area (Å²) in [5.41, 5.74) is 0. The molecule has 0 aromatic rings. The summed E-state index contributed by atoms with van der Waals surface area (Å²) in [7, 11) is 1.64. The third-order valence-electron chi connectivity index (χ3n) is 1.64. The van der Waals surface area contributed by atoms with Gasteiger partial charge in [-0.15, -0.1) is 0 Å². The van der Waals surface area contributed by atoms with Gasteiger partial charge < -0.3 is 15.4 Å². The van der Waals surface area contributed by atoms with Crippen molar-refractivity contribution in [2.75, 3.05) is 33.4 Å². The van der Waals surface area contributed by atoms with Crippen molar-refractivity contribution in [2.24, 2.45) is 0 Å². The quantitative estimate of drug-likeness (QED) is 0.438. The third-order valence-corrected chi connectivity index (χ3v) is 1.64. The van der Waals surface area contributed by atoms with Crippen molar-refractivity contribution in [3.8, 4) is 0 Å². The Morgan fingerprint density at radius 2 is 2.21 bits per heavy atom. The van der Waals surface area contributed by atoms with Crippen LogP contribution in [0.5, 0.6) is 0 Å². The van der Waals surface area contributed by atoms with E-state index in [0.717, 1.165) is 6.42 Å². The van der Waals surface area contributed by atoms with Crippen molar-refractivity contribution in [2.45, 2.75) is 13.3 Å². The Kier molecular flexibility index (Phi) is 9.58. The Bertz CT molecular complexity index is 170. The summed E-state index contributed by atoms with van der Waals surface area (Å²) in [6.07, 6.45) is 4.89. The second-order valence-electron chi connectivity index (χ2n) is 2.88. The number of hydrogen-bond acceptors (Lipinski definition) is 3. The first-order chi connectivity index (χ1) is 6.81. The Morgan fingerprint density at radius 1 is 1.43 bits per heavy atom. The summed E-state index contributed by atoms with van der Waals surface area (Å²) in [6, 6.07) is 0. The van der Waals surface area contributed by atoms with Gasteiger partial charge in [0.1, 0.15) is 0 Å². The largest absolute Gasteiger partial charge is 0.383 e. The second kappa shape index (κ2) is 10.2. The first-order valence-electron chi connectivity index (χ1n) is 4.88. The molecule has 4 heteroatoms. The van der Waals surface area contributed by atoms with Gasteiger partial charge >= 0.3 is 0 Å². The minimum absolute atomic E-state index is 0.0330. The van der Waals surface area contributed by atoms with E-state index in [1.165, 1.54) is 0 Å². The van der Waals surface area contributed by atoms with Crippen LogP contribution in [0.15, 0.2) is 12.2 Å². The molecule has 2 N–H and O–H groups in total. The first kappa shape index (κ1) is 13.1. The zero-order valence-electron chi connectivity index (χ0n) is 9.01. The lowest BCUT2D eigenvalue weighted by Crippen LogP contribution is -2.35. The molecule has 0 spiro atoms. The van der Waals surface area contributed by atoms with Crippen LogP contribution in [0.1, 0.15) is 13.3 Å². The molecule has 4 nitrogen and oxygen atoms in total. The average molecular weight is 200 g/mol. The molecule has 0 unspecified atom stereocenters. The second-order valence-corrected chi connectivity index (χ2v) is 2.88. The molecule has 0 atom stereocenters. The lowest BCUT2D eigenvalue weighted by atomic mass is 10.4. The molecule has 0 saturated heterocycles. The smallest absolute Gasteiger partial charge is 0.233 e. The number of hydrogen-bond donors (Lipinski definition) is 2. The number of nitrogens with one attached hydrogen (secondary N) is 2. The maximum absolute atomic E-state index is 11.1. The highest BCUT2D eigenvalue weighted by molar-refractivity contribution is 5.77. The molecular formula is C10H20N2O2. The van der Waals surface area contributed by atoms with Gasteiger partial charge in [-0.2, -0.15) is 0 Å². The minimum Gasteiger partial charge on any atom is -0.383 e. The summed E-state index contributed by atoms with van der Waals surface area (Å²) in [5, 5.41) is 5.77. The molecule has 14 heavy (non-hydrogen) atoms. The van der Waals surface area contributed by atoms with E-state index in [4.69, 9.17) is 4.74 Å². The predicted octanol–water partition coefficient (Wildman–Crippen LogP) is 0.305. The van der Waals surface area contributed by atoms with Crippen LogP contribution in [0.3, 0.4) is 0 Å². The normalized spacial score (nSPS) is 10.7. The minimum atomic E-state index is 0.0330. The van der Waals surface area contributed by atoms with E-state index in [1.807, 2.05) is 19.1 Å². The van der Waals surface area contributed by atoms with Crippen LogP contribution in [-0.4, -0.2) is 39.3 Å². The van der Waals surface area contributed by atoms with Crippen LogP contribution in [-0.2, 0) is 9.53 Å². The Labute approximate surface area is 85.7 Å². The van der Waals surface area contributed by atoms with E-state index in [0.29, 0.717) is 26.2 Å². The summed E-state index contributed by atoms with van der Waals surface area (Å²) in [4.78, 5) is 11.1. The molecular weight excluding hydrogens is 180 g/mol. The molecule has 0 aliphatic carbocycles. The van der Waals surface area contributed by atoms with Gasteiger partial charge in [-0.05, 0) is 13.3 Å². The van der Waals surface area contributed by atoms with Crippen molar-refractivity contribution in [1.29, 1.82) is 0 Å².